The second kappa shape index (κ2) is 8.84. The molecule has 0 aromatic heterocycles. The lowest BCUT2D eigenvalue weighted by molar-refractivity contribution is -0.151. The van der Waals surface area contributed by atoms with E-state index in [1.165, 1.54) is 18.2 Å². The molecule has 1 heterocycles. The van der Waals surface area contributed by atoms with Crippen LogP contribution in [0.3, 0.4) is 0 Å². The Hall–Kier alpha value is -2.57. The summed E-state index contributed by atoms with van der Waals surface area (Å²) >= 11 is 11.8. The number of carbonyl (C=O) groups is 3. The van der Waals surface area contributed by atoms with Gasteiger partial charge >= 0.3 is 5.97 Å². The van der Waals surface area contributed by atoms with E-state index in [0.717, 1.165) is 16.8 Å². The van der Waals surface area contributed by atoms with E-state index in [4.69, 9.17) is 27.9 Å². The second-order valence-corrected chi connectivity index (χ2v) is 7.86. The van der Waals surface area contributed by atoms with Gasteiger partial charge in [-0.25, -0.2) is 0 Å². The zero-order valence-electron chi connectivity index (χ0n) is 16.0. The van der Waals surface area contributed by atoms with E-state index < -0.39 is 24.4 Å². The number of halogens is 2. The molecule has 0 aliphatic carbocycles. The van der Waals surface area contributed by atoms with E-state index in [-0.39, 0.29) is 18.9 Å². The van der Waals surface area contributed by atoms with E-state index >= 15 is 0 Å². The fourth-order valence-electron chi connectivity index (χ4n) is 3.09. The van der Waals surface area contributed by atoms with Gasteiger partial charge in [-0.1, -0.05) is 29.3 Å². The zero-order chi connectivity index (χ0) is 21.1. The third-order valence-corrected chi connectivity index (χ3v) is 5.19. The summed E-state index contributed by atoms with van der Waals surface area (Å²) in [5.74, 6) is -1.86. The molecular formula is C21H20Cl2N2O4. The van der Waals surface area contributed by atoms with Gasteiger partial charge in [0.2, 0.25) is 5.91 Å². The van der Waals surface area contributed by atoms with E-state index in [9.17, 15) is 14.4 Å². The normalized spacial score (nSPS) is 16.1. The van der Waals surface area contributed by atoms with Gasteiger partial charge in [0.15, 0.2) is 6.61 Å². The average molecular weight is 435 g/mol. The predicted octanol–water partition coefficient (Wildman–Crippen LogP) is 4.15. The number of benzene rings is 2. The highest BCUT2D eigenvalue weighted by molar-refractivity contribution is 6.35. The van der Waals surface area contributed by atoms with Crippen LogP contribution in [0.4, 0.5) is 11.4 Å². The van der Waals surface area contributed by atoms with Crippen molar-refractivity contribution in [2.45, 2.75) is 20.3 Å². The van der Waals surface area contributed by atoms with E-state index in [2.05, 4.69) is 5.32 Å². The number of anilines is 2. The van der Waals surface area contributed by atoms with Crippen molar-refractivity contribution in [3.8, 4) is 0 Å². The fourth-order valence-corrected chi connectivity index (χ4v) is 3.61. The van der Waals surface area contributed by atoms with Gasteiger partial charge in [0.1, 0.15) is 0 Å². The third-order valence-electron chi connectivity index (χ3n) is 4.75. The van der Waals surface area contributed by atoms with Crippen molar-refractivity contribution < 1.29 is 19.1 Å². The molecule has 1 N–H and O–H groups in total. The minimum Gasteiger partial charge on any atom is -0.455 e. The summed E-state index contributed by atoms with van der Waals surface area (Å²) in [6.07, 6.45) is 0.0529. The number of aryl methyl sites for hydroxylation is 2. The van der Waals surface area contributed by atoms with Gasteiger partial charge in [0.05, 0.1) is 5.92 Å². The lowest BCUT2D eigenvalue weighted by atomic mass is 10.1. The van der Waals surface area contributed by atoms with Gasteiger partial charge in [-0.15, -0.1) is 0 Å². The topological polar surface area (TPSA) is 75.7 Å². The molecule has 6 nitrogen and oxygen atoms in total. The molecule has 1 fully saturated rings. The van der Waals surface area contributed by atoms with Crippen LogP contribution in [-0.4, -0.2) is 30.9 Å². The Labute approximate surface area is 178 Å². The molecule has 152 valence electrons. The van der Waals surface area contributed by atoms with Crippen molar-refractivity contribution in [2.75, 3.05) is 23.4 Å². The molecule has 1 atom stereocenters. The summed E-state index contributed by atoms with van der Waals surface area (Å²) in [6, 6.07) is 10.3. The first kappa shape index (κ1) is 21.1. The highest BCUT2D eigenvalue weighted by Crippen LogP contribution is 2.27. The summed E-state index contributed by atoms with van der Waals surface area (Å²) in [7, 11) is 0. The Balaban J connectivity index is 1.55. The lowest BCUT2D eigenvalue weighted by Crippen LogP contribution is -2.28. The van der Waals surface area contributed by atoms with Crippen molar-refractivity contribution in [1.29, 1.82) is 0 Å². The molecule has 0 unspecified atom stereocenters. The van der Waals surface area contributed by atoms with Crippen LogP contribution in [0.2, 0.25) is 10.0 Å². The first-order valence-corrected chi connectivity index (χ1v) is 9.78. The SMILES string of the molecule is Cc1ccc(N2C[C@@H](C(=O)OCC(=O)Nc3cc(Cl)cc(Cl)c3)CC2=O)cc1C. The fraction of sp³-hybridized carbons (Fsp3) is 0.286. The first-order valence-electron chi connectivity index (χ1n) is 9.03. The van der Waals surface area contributed by atoms with Crippen LogP contribution in [0.5, 0.6) is 0 Å². The molecule has 0 radical (unpaired) electrons. The zero-order valence-corrected chi connectivity index (χ0v) is 17.5. The second-order valence-electron chi connectivity index (χ2n) is 6.99. The van der Waals surface area contributed by atoms with Crippen molar-refractivity contribution in [3.05, 3.63) is 57.6 Å². The van der Waals surface area contributed by atoms with Crippen LogP contribution in [0, 0.1) is 19.8 Å². The Morgan fingerprint density at radius 2 is 1.79 bits per heavy atom. The predicted molar refractivity (Wildman–Crippen MR) is 112 cm³/mol. The Kier molecular flexibility index (Phi) is 6.45. The maximum absolute atomic E-state index is 12.3. The molecule has 0 spiro atoms. The summed E-state index contributed by atoms with van der Waals surface area (Å²) in [4.78, 5) is 38.3. The summed E-state index contributed by atoms with van der Waals surface area (Å²) in [5.41, 5.74) is 3.35. The minimum absolute atomic E-state index is 0.0529. The number of hydrogen-bond acceptors (Lipinski definition) is 4. The molecular weight excluding hydrogens is 415 g/mol. The quantitative estimate of drug-likeness (QED) is 0.717. The van der Waals surface area contributed by atoms with E-state index in [1.807, 2.05) is 32.0 Å². The number of esters is 1. The van der Waals surface area contributed by atoms with Crippen molar-refractivity contribution in [2.24, 2.45) is 5.92 Å². The molecule has 8 heteroatoms. The van der Waals surface area contributed by atoms with Crippen LogP contribution in [0.25, 0.3) is 0 Å². The van der Waals surface area contributed by atoms with Gasteiger partial charge in [-0.05, 0) is 55.3 Å². The van der Waals surface area contributed by atoms with Gasteiger partial charge in [0, 0.05) is 34.4 Å². The number of hydrogen-bond donors (Lipinski definition) is 1. The molecule has 1 saturated heterocycles. The van der Waals surface area contributed by atoms with Crippen molar-refractivity contribution in [3.63, 3.8) is 0 Å². The Bertz CT molecular complexity index is 957. The van der Waals surface area contributed by atoms with Crippen LogP contribution in [0.15, 0.2) is 36.4 Å². The monoisotopic (exact) mass is 434 g/mol. The number of rotatable bonds is 5. The highest BCUT2D eigenvalue weighted by Gasteiger charge is 2.36. The largest absolute Gasteiger partial charge is 0.455 e. The van der Waals surface area contributed by atoms with Gasteiger partial charge < -0.3 is 15.0 Å². The van der Waals surface area contributed by atoms with Crippen molar-refractivity contribution >= 4 is 52.4 Å². The van der Waals surface area contributed by atoms with Crippen LogP contribution < -0.4 is 10.2 Å². The number of carbonyl (C=O) groups excluding carboxylic acids is 3. The molecule has 3 rings (SSSR count). The number of nitrogens with one attached hydrogen (secondary N) is 1. The van der Waals surface area contributed by atoms with E-state index in [0.29, 0.717) is 15.7 Å². The number of ether oxygens (including phenoxy) is 1. The summed E-state index contributed by atoms with van der Waals surface area (Å²) in [5, 5.41) is 3.31. The number of nitrogens with zero attached hydrogens (tertiary/aromatic N) is 1. The summed E-state index contributed by atoms with van der Waals surface area (Å²) < 4.78 is 5.10. The maximum atomic E-state index is 12.3. The third kappa shape index (κ3) is 5.28. The molecule has 29 heavy (non-hydrogen) atoms. The van der Waals surface area contributed by atoms with Gasteiger partial charge in [-0.2, -0.15) is 0 Å². The number of amides is 2. The van der Waals surface area contributed by atoms with Crippen LogP contribution >= 0.6 is 23.2 Å². The highest BCUT2D eigenvalue weighted by atomic mass is 35.5. The molecule has 0 bridgehead atoms. The van der Waals surface area contributed by atoms with Crippen LogP contribution in [-0.2, 0) is 19.1 Å². The Morgan fingerprint density at radius 3 is 2.45 bits per heavy atom. The molecule has 1 aliphatic heterocycles. The molecule has 2 aromatic carbocycles. The Morgan fingerprint density at radius 1 is 1.10 bits per heavy atom. The summed E-state index contributed by atoms with van der Waals surface area (Å²) in [6.45, 7) is 3.73. The van der Waals surface area contributed by atoms with Crippen LogP contribution in [0.1, 0.15) is 17.5 Å². The van der Waals surface area contributed by atoms with Crippen molar-refractivity contribution in [1.82, 2.24) is 0 Å². The minimum atomic E-state index is -0.613. The lowest BCUT2D eigenvalue weighted by Gasteiger charge is -2.17. The maximum Gasteiger partial charge on any atom is 0.311 e. The van der Waals surface area contributed by atoms with Gasteiger partial charge in [-0.3, -0.25) is 14.4 Å². The molecule has 2 amide bonds. The molecule has 0 saturated carbocycles. The van der Waals surface area contributed by atoms with E-state index in [1.54, 1.807) is 4.90 Å². The first-order chi connectivity index (χ1) is 13.7. The average Bonchev–Trinajstić information content (AvgIpc) is 3.03. The standard InChI is InChI=1S/C21H20Cl2N2O4/c1-12-3-4-18(5-13(12)2)25-10-14(6-20(25)27)21(28)29-11-19(26)24-17-8-15(22)7-16(23)9-17/h3-5,7-9,14H,6,10-11H2,1-2H3,(H,24,26)/t14-/m0/s1. The molecule has 1 aliphatic rings. The molecule has 2 aromatic rings. The smallest absolute Gasteiger partial charge is 0.311 e. The van der Waals surface area contributed by atoms with Gasteiger partial charge in [0.25, 0.3) is 5.91 Å².